The molecule has 0 radical (unpaired) electrons. The first-order valence-corrected chi connectivity index (χ1v) is 7.26. The van der Waals surface area contributed by atoms with E-state index in [1.165, 1.54) is 44.2 Å². The summed E-state index contributed by atoms with van der Waals surface area (Å²) in [5.74, 6) is 1.04. The predicted molar refractivity (Wildman–Crippen MR) is 74.1 cm³/mol. The van der Waals surface area contributed by atoms with Crippen molar-refractivity contribution in [3.8, 4) is 5.75 Å². The van der Waals surface area contributed by atoms with E-state index in [4.69, 9.17) is 4.74 Å². The van der Waals surface area contributed by atoms with Crippen LogP contribution in [-0.2, 0) is 6.42 Å². The Morgan fingerprint density at radius 2 is 1.83 bits per heavy atom. The predicted octanol–water partition coefficient (Wildman–Crippen LogP) is 3.25. The van der Waals surface area contributed by atoms with E-state index in [9.17, 15) is 0 Å². The second-order valence-corrected chi connectivity index (χ2v) is 5.62. The fraction of sp³-hybridized carbons (Fsp3) is 0.625. The molecule has 0 unspecified atom stereocenters. The highest BCUT2D eigenvalue weighted by Gasteiger charge is 2.35. The topological polar surface area (TPSA) is 12.5 Å². The van der Waals surface area contributed by atoms with Crippen molar-refractivity contribution in [2.75, 3.05) is 13.7 Å². The Morgan fingerprint density at radius 3 is 2.56 bits per heavy atom. The van der Waals surface area contributed by atoms with Gasteiger partial charge in [-0.1, -0.05) is 24.6 Å². The minimum atomic E-state index is 0.874. The third kappa shape index (κ3) is 2.26. The lowest BCUT2D eigenvalue weighted by Gasteiger charge is -2.34. The first-order valence-electron chi connectivity index (χ1n) is 7.26. The maximum Gasteiger partial charge on any atom is 0.122 e. The molecule has 98 valence electrons. The van der Waals surface area contributed by atoms with Gasteiger partial charge in [0.1, 0.15) is 5.75 Å². The van der Waals surface area contributed by atoms with Crippen LogP contribution >= 0.6 is 0 Å². The largest absolute Gasteiger partial charge is 0.496 e. The van der Waals surface area contributed by atoms with Crippen LogP contribution < -0.4 is 4.74 Å². The van der Waals surface area contributed by atoms with Crippen LogP contribution in [0.25, 0.3) is 0 Å². The highest BCUT2D eigenvalue weighted by molar-refractivity contribution is 5.33. The standard InChI is InChI=1S/C16H23NO/c1-18-16-8-3-2-5-13(16)11-12-17-14-6-4-7-15(17)10-9-14/h2-3,5,8,14-15H,4,6-7,9-12H2,1H3/t14-,15+. The molecule has 0 aliphatic carbocycles. The van der Waals surface area contributed by atoms with Crippen molar-refractivity contribution < 1.29 is 4.74 Å². The summed E-state index contributed by atoms with van der Waals surface area (Å²) in [5, 5.41) is 0. The van der Waals surface area contributed by atoms with Gasteiger partial charge in [-0.25, -0.2) is 0 Å². The lowest BCUT2D eigenvalue weighted by Crippen LogP contribution is -2.40. The van der Waals surface area contributed by atoms with Crippen molar-refractivity contribution in [1.82, 2.24) is 4.90 Å². The first-order chi connectivity index (χ1) is 8.88. The van der Waals surface area contributed by atoms with E-state index in [1.54, 1.807) is 7.11 Å². The van der Waals surface area contributed by atoms with Crippen molar-refractivity contribution in [2.24, 2.45) is 0 Å². The molecule has 2 aliphatic rings. The van der Waals surface area contributed by atoms with Crippen LogP contribution in [-0.4, -0.2) is 30.6 Å². The van der Waals surface area contributed by atoms with Crippen molar-refractivity contribution in [2.45, 2.75) is 50.6 Å². The van der Waals surface area contributed by atoms with Crippen LogP contribution in [0.1, 0.15) is 37.7 Å². The van der Waals surface area contributed by atoms with Gasteiger partial charge >= 0.3 is 0 Å². The van der Waals surface area contributed by atoms with Gasteiger partial charge in [-0.05, 0) is 43.7 Å². The van der Waals surface area contributed by atoms with Crippen LogP contribution in [0.2, 0.25) is 0 Å². The van der Waals surface area contributed by atoms with Crippen molar-refractivity contribution in [1.29, 1.82) is 0 Å². The molecule has 1 aromatic rings. The molecular formula is C16H23NO. The Morgan fingerprint density at radius 1 is 1.11 bits per heavy atom. The molecule has 1 aromatic carbocycles. The number of nitrogens with zero attached hydrogens (tertiary/aromatic N) is 1. The summed E-state index contributed by atoms with van der Waals surface area (Å²) in [6.07, 6.45) is 8.26. The van der Waals surface area contributed by atoms with Crippen LogP contribution in [0.15, 0.2) is 24.3 Å². The van der Waals surface area contributed by atoms with E-state index in [0.29, 0.717) is 0 Å². The summed E-state index contributed by atoms with van der Waals surface area (Å²) in [4.78, 5) is 2.76. The Labute approximate surface area is 110 Å². The third-order valence-electron chi connectivity index (χ3n) is 4.68. The molecule has 2 heteroatoms. The van der Waals surface area contributed by atoms with Crippen LogP contribution in [0, 0.1) is 0 Å². The SMILES string of the molecule is COc1ccccc1CCN1[C@@H]2CCC[C@H]1CC2. The fourth-order valence-electron chi connectivity index (χ4n) is 3.75. The summed E-state index contributed by atoms with van der Waals surface area (Å²) in [6.45, 7) is 1.20. The molecule has 2 saturated heterocycles. The quantitative estimate of drug-likeness (QED) is 0.807. The lowest BCUT2D eigenvalue weighted by atomic mass is 10.0. The highest BCUT2D eigenvalue weighted by atomic mass is 16.5. The Bertz CT molecular complexity index is 388. The molecular weight excluding hydrogens is 222 g/mol. The summed E-state index contributed by atoms with van der Waals surface area (Å²) < 4.78 is 5.44. The maximum atomic E-state index is 5.44. The zero-order chi connectivity index (χ0) is 12.4. The minimum Gasteiger partial charge on any atom is -0.496 e. The zero-order valence-electron chi connectivity index (χ0n) is 11.3. The van der Waals surface area contributed by atoms with E-state index in [0.717, 1.165) is 24.3 Å². The van der Waals surface area contributed by atoms with E-state index in [2.05, 4.69) is 23.1 Å². The molecule has 0 amide bonds. The molecule has 3 rings (SSSR count). The van der Waals surface area contributed by atoms with Gasteiger partial charge in [0.2, 0.25) is 0 Å². The number of ether oxygens (including phenoxy) is 1. The van der Waals surface area contributed by atoms with Gasteiger partial charge in [-0.3, -0.25) is 4.90 Å². The first kappa shape index (κ1) is 12.0. The van der Waals surface area contributed by atoms with E-state index in [-0.39, 0.29) is 0 Å². The second-order valence-electron chi connectivity index (χ2n) is 5.62. The normalized spacial score (nSPS) is 27.4. The number of fused-ring (bicyclic) bond motifs is 2. The van der Waals surface area contributed by atoms with Crippen LogP contribution in [0.3, 0.4) is 0 Å². The summed E-state index contributed by atoms with van der Waals surface area (Å²) in [7, 11) is 1.77. The molecule has 0 spiro atoms. The maximum absolute atomic E-state index is 5.44. The Kier molecular flexibility index (Phi) is 3.55. The summed E-state index contributed by atoms with van der Waals surface area (Å²) >= 11 is 0. The smallest absolute Gasteiger partial charge is 0.122 e. The number of piperidine rings is 1. The number of benzene rings is 1. The summed E-state index contributed by atoms with van der Waals surface area (Å²) in [5.41, 5.74) is 1.35. The molecule has 0 saturated carbocycles. The highest BCUT2D eigenvalue weighted by Crippen LogP contribution is 2.35. The number of methoxy groups -OCH3 is 1. The molecule has 0 aromatic heterocycles. The van der Waals surface area contributed by atoms with Gasteiger partial charge in [0.15, 0.2) is 0 Å². The zero-order valence-corrected chi connectivity index (χ0v) is 11.3. The Hall–Kier alpha value is -1.02. The number of para-hydroxylation sites is 1. The fourth-order valence-corrected chi connectivity index (χ4v) is 3.75. The molecule has 2 atom stereocenters. The average Bonchev–Trinajstić information content (AvgIpc) is 2.64. The molecule has 2 aliphatic heterocycles. The lowest BCUT2D eigenvalue weighted by molar-refractivity contribution is 0.142. The van der Waals surface area contributed by atoms with Crippen molar-refractivity contribution in [3.63, 3.8) is 0 Å². The monoisotopic (exact) mass is 245 g/mol. The number of rotatable bonds is 4. The van der Waals surface area contributed by atoms with Gasteiger partial charge < -0.3 is 4.74 Å². The summed E-state index contributed by atoms with van der Waals surface area (Å²) in [6, 6.07) is 10.2. The van der Waals surface area contributed by atoms with Crippen LogP contribution in [0.4, 0.5) is 0 Å². The molecule has 2 bridgehead atoms. The van der Waals surface area contributed by atoms with Gasteiger partial charge in [0.25, 0.3) is 0 Å². The van der Waals surface area contributed by atoms with Crippen LogP contribution in [0.5, 0.6) is 5.75 Å². The van der Waals surface area contributed by atoms with Crippen molar-refractivity contribution in [3.05, 3.63) is 29.8 Å². The third-order valence-corrected chi connectivity index (χ3v) is 4.68. The number of hydrogen-bond donors (Lipinski definition) is 0. The molecule has 2 nitrogen and oxygen atoms in total. The second kappa shape index (κ2) is 5.31. The molecule has 0 N–H and O–H groups in total. The van der Waals surface area contributed by atoms with Gasteiger partial charge in [-0.15, -0.1) is 0 Å². The van der Waals surface area contributed by atoms with Gasteiger partial charge in [-0.2, -0.15) is 0 Å². The van der Waals surface area contributed by atoms with E-state index >= 15 is 0 Å². The van der Waals surface area contributed by atoms with Gasteiger partial charge in [0, 0.05) is 18.6 Å². The van der Waals surface area contributed by atoms with E-state index < -0.39 is 0 Å². The number of hydrogen-bond acceptors (Lipinski definition) is 2. The Balaban J connectivity index is 1.64. The van der Waals surface area contributed by atoms with E-state index in [1.807, 2.05) is 6.07 Å². The molecule has 2 heterocycles. The van der Waals surface area contributed by atoms with Gasteiger partial charge in [0.05, 0.1) is 7.11 Å². The molecule has 2 fully saturated rings. The average molecular weight is 245 g/mol. The minimum absolute atomic E-state index is 0.874. The van der Waals surface area contributed by atoms with Crippen molar-refractivity contribution >= 4 is 0 Å². The molecule has 18 heavy (non-hydrogen) atoms.